The first-order chi connectivity index (χ1) is 8.06. The summed E-state index contributed by atoms with van der Waals surface area (Å²) in [7, 11) is -0.991. The average molecular weight is 274 g/mol. The number of hydrogen-bond donors (Lipinski definition) is 1. The summed E-state index contributed by atoms with van der Waals surface area (Å²) in [6.45, 7) is 7.18. The third kappa shape index (κ3) is 4.41. The molecular formula is C13H20ClNOS. The highest BCUT2D eigenvalue weighted by Crippen LogP contribution is 2.17. The molecule has 0 bridgehead atoms. The van der Waals surface area contributed by atoms with Crippen molar-refractivity contribution in [2.75, 3.05) is 6.54 Å². The first-order valence-corrected chi connectivity index (χ1v) is 7.55. The molecule has 0 radical (unpaired) electrons. The number of benzene rings is 1. The van der Waals surface area contributed by atoms with Crippen LogP contribution in [0.1, 0.15) is 27.2 Å². The fourth-order valence-corrected chi connectivity index (χ4v) is 2.93. The van der Waals surface area contributed by atoms with Gasteiger partial charge in [-0.2, -0.15) is 0 Å². The largest absolute Gasteiger partial charge is 0.313 e. The van der Waals surface area contributed by atoms with Crippen LogP contribution in [0, 0.1) is 0 Å². The summed E-state index contributed by atoms with van der Waals surface area (Å²) in [5, 5.41) is 4.14. The lowest BCUT2D eigenvalue weighted by molar-refractivity contribution is 0.531. The topological polar surface area (TPSA) is 29.1 Å². The minimum absolute atomic E-state index is 0.0859. The molecule has 0 saturated carbocycles. The second kappa shape index (κ2) is 7.14. The van der Waals surface area contributed by atoms with Gasteiger partial charge in [0.15, 0.2) is 0 Å². The average Bonchev–Trinajstić information content (AvgIpc) is 2.35. The molecule has 0 aliphatic heterocycles. The molecule has 17 heavy (non-hydrogen) atoms. The molecule has 0 saturated heterocycles. The van der Waals surface area contributed by atoms with Crippen LogP contribution in [-0.2, 0) is 10.8 Å². The number of halogens is 1. The van der Waals surface area contributed by atoms with Gasteiger partial charge in [-0.05, 0) is 51.1 Å². The minimum Gasteiger partial charge on any atom is -0.313 e. The highest BCUT2D eigenvalue weighted by molar-refractivity contribution is 7.85. The molecule has 1 rings (SSSR count). The van der Waals surface area contributed by atoms with Gasteiger partial charge in [-0.25, -0.2) is 0 Å². The van der Waals surface area contributed by atoms with Crippen molar-refractivity contribution in [3.05, 3.63) is 29.3 Å². The molecule has 3 unspecified atom stereocenters. The van der Waals surface area contributed by atoms with E-state index in [4.69, 9.17) is 11.6 Å². The van der Waals surface area contributed by atoms with Crippen molar-refractivity contribution in [1.82, 2.24) is 5.32 Å². The van der Waals surface area contributed by atoms with Gasteiger partial charge in [-0.3, -0.25) is 4.21 Å². The Labute approximate surface area is 111 Å². The molecule has 3 atom stereocenters. The van der Waals surface area contributed by atoms with E-state index in [-0.39, 0.29) is 11.3 Å². The molecule has 4 heteroatoms. The zero-order valence-corrected chi connectivity index (χ0v) is 12.1. The molecule has 0 spiro atoms. The Morgan fingerprint density at radius 1 is 1.29 bits per heavy atom. The van der Waals surface area contributed by atoms with Gasteiger partial charge < -0.3 is 5.32 Å². The van der Waals surface area contributed by atoms with Crippen molar-refractivity contribution < 1.29 is 4.21 Å². The van der Waals surface area contributed by atoms with Crippen molar-refractivity contribution in [2.24, 2.45) is 0 Å². The molecule has 2 nitrogen and oxygen atoms in total. The van der Waals surface area contributed by atoms with Gasteiger partial charge in [0.1, 0.15) is 0 Å². The van der Waals surface area contributed by atoms with Gasteiger partial charge in [-0.15, -0.1) is 0 Å². The molecule has 0 amide bonds. The summed E-state index contributed by atoms with van der Waals surface area (Å²) in [6, 6.07) is 7.48. The first kappa shape index (κ1) is 14.7. The Kier molecular flexibility index (Phi) is 6.17. The number of hydrogen-bond acceptors (Lipinski definition) is 2. The van der Waals surface area contributed by atoms with Gasteiger partial charge in [0, 0.05) is 16.0 Å². The normalized spacial score (nSPS) is 16.5. The minimum atomic E-state index is -0.991. The lowest BCUT2D eigenvalue weighted by atomic mass is 10.2. The van der Waals surface area contributed by atoms with E-state index in [0.717, 1.165) is 17.9 Å². The summed E-state index contributed by atoms with van der Waals surface area (Å²) in [4.78, 5) is 0.840. The predicted octanol–water partition coefficient (Wildman–Crippen LogP) is 3.22. The van der Waals surface area contributed by atoms with E-state index in [1.165, 1.54) is 0 Å². The maximum Gasteiger partial charge on any atom is 0.0573 e. The Morgan fingerprint density at radius 3 is 2.41 bits per heavy atom. The molecule has 1 aromatic carbocycles. The molecule has 0 aromatic heterocycles. The highest BCUT2D eigenvalue weighted by Gasteiger charge is 2.19. The van der Waals surface area contributed by atoms with Crippen LogP contribution in [0.3, 0.4) is 0 Å². The molecule has 1 aromatic rings. The molecule has 96 valence electrons. The Bertz CT molecular complexity index is 366. The van der Waals surface area contributed by atoms with E-state index in [9.17, 15) is 4.21 Å². The third-order valence-electron chi connectivity index (χ3n) is 2.80. The smallest absolute Gasteiger partial charge is 0.0573 e. The van der Waals surface area contributed by atoms with Crippen LogP contribution >= 0.6 is 11.6 Å². The van der Waals surface area contributed by atoms with Crippen LogP contribution in [0.4, 0.5) is 0 Å². The van der Waals surface area contributed by atoms with Crippen molar-refractivity contribution >= 4 is 22.4 Å². The van der Waals surface area contributed by atoms with E-state index < -0.39 is 10.8 Å². The van der Waals surface area contributed by atoms with E-state index >= 15 is 0 Å². The van der Waals surface area contributed by atoms with Gasteiger partial charge in [-0.1, -0.05) is 18.5 Å². The number of rotatable bonds is 6. The zero-order chi connectivity index (χ0) is 12.8. The monoisotopic (exact) mass is 273 g/mol. The quantitative estimate of drug-likeness (QED) is 0.862. The standard InChI is InChI=1S/C13H20ClNOS/c1-4-9-15-10(2)11(3)17(16)13-7-5-12(14)6-8-13/h5-8,10-11,15H,4,9H2,1-3H3. The SMILES string of the molecule is CCCNC(C)C(C)S(=O)c1ccc(Cl)cc1. The van der Waals surface area contributed by atoms with Gasteiger partial charge >= 0.3 is 0 Å². The van der Waals surface area contributed by atoms with Crippen molar-refractivity contribution in [3.8, 4) is 0 Å². The Morgan fingerprint density at radius 2 is 1.88 bits per heavy atom. The first-order valence-electron chi connectivity index (χ1n) is 5.95. The summed E-state index contributed by atoms with van der Waals surface area (Å²) >= 11 is 5.82. The number of nitrogens with one attached hydrogen (secondary N) is 1. The highest BCUT2D eigenvalue weighted by atomic mass is 35.5. The predicted molar refractivity (Wildman–Crippen MR) is 75.1 cm³/mol. The van der Waals surface area contributed by atoms with E-state index in [0.29, 0.717) is 5.02 Å². The Hall–Kier alpha value is -0.380. The van der Waals surface area contributed by atoms with E-state index in [1.807, 2.05) is 19.1 Å². The lowest BCUT2D eigenvalue weighted by Gasteiger charge is -2.20. The molecule has 0 heterocycles. The summed E-state index contributed by atoms with van der Waals surface area (Å²) in [5.74, 6) is 0. The molecule has 0 fully saturated rings. The Balaban J connectivity index is 2.65. The van der Waals surface area contributed by atoms with E-state index in [1.54, 1.807) is 12.1 Å². The van der Waals surface area contributed by atoms with Gasteiger partial charge in [0.25, 0.3) is 0 Å². The lowest BCUT2D eigenvalue weighted by Crippen LogP contribution is -2.38. The van der Waals surface area contributed by atoms with Crippen LogP contribution in [0.25, 0.3) is 0 Å². The summed E-state index contributed by atoms with van der Waals surface area (Å²) < 4.78 is 12.3. The zero-order valence-electron chi connectivity index (χ0n) is 10.6. The van der Waals surface area contributed by atoms with E-state index in [2.05, 4.69) is 19.2 Å². The molecule has 1 N–H and O–H groups in total. The van der Waals surface area contributed by atoms with Crippen LogP contribution in [0.5, 0.6) is 0 Å². The van der Waals surface area contributed by atoms with Crippen molar-refractivity contribution in [3.63, 3.8) is 0 Å². The fraction of sp³-hybridized carbons (Fsp3) is 0.538. The molecule has 0 aliphatic carbocycles. The fourth-order valence-electron chi connectivity index (χ4n) is 1.51. The third-order valence-corrected chi connectivity index (χ3v) is 4.88. The maximum atomic E-state index is 12.3. The summed E-state index contributed by atoms with van der Waals surface area (Å²) in [5.41, 5.74) is 0. The maximum absolute atomic E-state index is 12.3. The van der Waals surface area contributed by atoms with Crippen molar-refractivity contribution in [2.45, 2.75) is 43.4 Å². The van der Waals surface area contributed by atoms with Crippen LogP contribution < -0.4 is 5.32 Å². The molecular weight excluding hydrogens is 254 g/mol. The van der Waals surface area contributed by atoms with Crippen LogP contribution in [0.2, 0.25) is 5.02 Å². The van der Waals surface area contributed by atoms with Crippen LogP contribution in [0.15, 0.2) is 29.2 Å². The van der Waals surface area contributed by atoms with Gasteiger partial charge in [0.2, 0.25) is 0 Å². The van der Waals surface area contributed by atoms with Gasteiger partial charge in [0.05, 0.1) is 16.0 Å². The van der Waals surface area contributed by atoms with Crippen LogP contribution in [-0.4, -0.2) is 22.0 Å². The second-order valence-electron chi connectivity index (χ2n) is 4.20. The molecule has 0 aliphatic rings. The summed E-state index contributed by atoms with van der Waals surface area (Å²) in [6.07, 6.45) is 1.09. The van der Waals surface area contributed by atoms with Crippen molar-refractivity contribution in [1.29, 1.82) is 0 Å². The second-order valence-corrected chi connectivity index (χ2v) is 6.45.